The van der Waals surface area contributed by atoms with Gasteiger partial charge in [-0.15, -0.1) is 0 Å². The maximum absolute atomic E-state index is 12.1. The molecule has 1 heterocycles. The Kier molecular flexibility index (Phi) is 4.71. The van der Waals surface area contributed by atoms with Crippen LogP contribution in [0, 0.1) is 0 Å². The third-order valence-corrected chi connectivity index (χ3v) is 3.05. The zero-order valence-electron chi connectivity index (χ0n) is 11.7. The number of carbonyl (C=O) groups is 2. The van der Waals surface area contributed by atoms with Gasteiger partial charge in [0.25, 0.3) is 5.91 Å². The summed E-state index contributed by atoms with van der Waals surface area (Å²) in [5.74, 6) is -1.46. The van der Waals surface area contributed by atoms with Crippen molar-refractivity contribution >= 4 is 11.9 Å². The average Bonchev–Trinajstić information content (AvgIpc) is 2.97. The summed E-state index contributed by atoms with van der Waals surface area (Å²) in [5.41, 5.74) is 1.17. The lowest BCUT2D eigenvalue weighted by Crippen LogP contribution is -2.40. The van der Waals surface area contributed by atoms with Crippen molar-refractivity contribution in [3.8, 4) is 5.69 Å². The summed E-state index contributed by atoms with van der Waals surface area (Å²) in [4.78, 5) is 23.1. The molecule has 2 rings (SSSR count). The smallest absolute Gasteiger partial charge is 0.326 e. The topological polar surface area (TPSA) is 84.2 Å². The lowest BCUT2D eigenvalue weighted by molar-refractivity contribution is -0.139. The molecule has 0 aliphatic heterocycles. The van der Waals surface area contributed by atoms with Crippen molar-refractivity contribution in [2.75, 3.05) is 0 Å². The predicted molar refractivity (Wildman–Crippen MR) is 77.4 cm³/mol. The van der Waals surface area contributed by atoms with Crippen LogP contribution < -0.4 is 5.32 Å². The van der Waals surface area contributed by atoms with Gasteiger partial charge in [-0.25, -0.2) is 9.48 Å². The minimum atomic E-state index is -1.03. The molecule has 2 N–H and O–H groups in total. The van der Waals surface area contributed by atoms with Crippen molar-refractivity contribution in [3.05, 3.63) is 48.3 Å². The number of rotatable bonds is 6. The van der Waals surface area contributed by atoms with E-state index in [1.165, 1.54) is 6.20 Å². The lowest BCUT2D eigenvalue weighted by atomic mass is 10.1. The molecule has 0 aliphatic rings. The molecule has 0 aliphatic carbocycles. The van der Waals surface area contributed by atoms with Crippen LogP contribution in [-0.4, -0.2) is 32.8 Å². The molecule has 0 saturated heterocycles. The van der Waals surface area contributed by atoms with E-state index in [1.807, 2.05) is 37.3 Å². The normalized spacial score (nSPS) is 11.9. The van der Waals surface area contributed by atoms with Crippen LogP contribution in [0.5, 0.6) is 0 Å². The Bertz CT molecular complexity index is 622. The van der Waals surface area contributed by atoms with E-state index >= 15 is 0 Å². The highest BCUT2D eigenvalue weighted by Crippen LogP contribution is 2.08. The average molecular weight is 287 g/mol. The van der Waals surface area contributed by atoms with E-state index in [1.54, 1.807) is 10.9 Å². The van der Waals surface area contributed by atoms with Gasteiger partial charge in [0.15, 0.2) is 0 Å². The van der Waals surface area contributed by atoms with Gasteiger partial charge >= 0.3 is 5.97 Å². The number of nitrogens with zero attached hydrogens (tertiary/aromatic N) is 2. The molecule has 1 aromatic carbocycles. The van der Waals surface area contributed by atoms with Crippen LogP contribution in [0.4, 0.5) is 0 Å². The third-order valence-electron chi connectivity index (χ3n) is 3.05. The van der Waals surface area contributed by atoms with Crippen LogP contribution in [0.25, 0.3) is 5.69 Å². The van der Waals surface area contributed by atoms with E-state index in [0.717, 1.165) is 5.69 Å². The first-order chi connectivity index (χ1) is 10.1. The Hall–Kier alpha value is -2.63. The Balaban J connectivity index is 2.10. The van der Waals surface area contributed by atoms with Gasteiger partial charge in [0.1, 0.15) is 6.04 Å². The second-order valence-electron chi connectivity index (χ2n) is 4.66. The highest BCUT2D eigenvalue weighted by Gasteiger charge is 2.20. The van der Waals surface area contributed by atoms with Crippen LogP contribution in [0.1, 0.15) is 30.1 Å². The molecule has 1 aromatic heterocycles. The number of nitrogens with one attached hydrogen (secondary N) is 1. The Morgan fingerprint density at radius 3 is 2.67 bits per heavy atom. The van der Waals surface area contributed by atoms with Crippen molar-refractivity contribution in [1.29, 1.82) is 0 Å². The summed E-state index contributed by atoms with van der Waals surface area (Å²) in [5, 5.41) is 15.7. The van der Waals surface area contributed by atoms with Crippen molar-refractivity contribution in [3.63, 3.8) is 0 Å². The highest BCUT2D eigenvalue weighted by atomic mass is 16.4. The fraction of sp³-hybridized carbons (Fsp3) is 0.267. The molecule has 110 valence electrons. The highest BCUT2D eigenvalue weighted by molar-refractivity contribution is 5.96. The fourth-order valence-corrected chi connectivity index (χ4v) is 1.95. The van der Waals surface area contributed by atoms with E-state index in [-0.39, 0.29) is 0 Å². The molecule has 1 atom stereocenters. The molecule has 1 amide bonds. The van der Waals surface area contributed by atoms with Crippen molar-refractivity contribution in [1.82, 2.24) is 15.1 Å². The van der Waals surface area contributed by atoms with Gasteiger partial charge in [-0.05, 0) is 18.6 Å². The Morgan fingerprint density at radius 2 is 2.05 bits per heavy atom. The van der Waals surface area contributed by atoms with Gasteiger partial charge in [0, 0.05) is 6.20 Å². The van der Waals surface area contributed by atoms with E-state index in [2.05, 4.69) is 10.4 Å². The molecule has 0 unspecified atom stereocenters. The van der Waals surface area contributed by atoms with Crippen molar-refractivity contribution < 1.29 is 14.7 Å². The molecule has 0 bridgehead atoms. The summed E-state index contributed by atoms with van der Waals surface area (Å²) < 4.78 is 1.57. The van der Waals surface area contributed by atoms with E-state index < -0.39 is 17.9 Å². The van der Waals surface area contributed by atoms with Crippen LogP contribution in [0.15, 0.2) is 42.7 Å². The molecule has 6 nitrogen and oxygen atoms in total. The van der Waals surface area contributed by atoms with E-state index in [9.17, 15) is 9.59 Å². The van der Waals surface area contributed by atoms with Gasteiger partial charge in [-0.2, -0.15) is 5.10 Å². The minimum Gasteiger partial charge on any atom is -0.480 e. The first-order valence-corrected chi connectivity index (χ1v) is 6.75. The first-order valence-electron chi connectivity index (χ1n) is 6.75. The number of para-hydroxylation sites is 1. The quantitative estimate of drug-likeness (QED) is 0.849. The predicted octanol–water partition coefficient (Wildman–Crippen LogP) is 1.86. The molecule has 0 radical (unpaired) electrons. The molecule has 0 saturated carbocycles. The first kappa shape index (κ1) is 14.8. The molecule has 0 spiro atoms. The van der Waals surface area contributed by atoms with Crippen molar-refractivity contribution in [2.45, 2.75) is 25.8 Å². The molecule has 2 aromatic rings. The number of carbonyl (C=O) groups excluding carboxylic acids is 1. The zero-order chi connectivity index (χ0) is 15.2. The van der Waals surface area contributed by atoms with Gasteiger partial charge in [0.2, 0.25) is 0 Å². The number of benzene rings is 1. The number of hydrogen-bond acceptors (Lipinski definition) is 3. The number of aromatic nitrogens is 2. The maximum atomic E-state index is 12.1. The second-order valence-corrected chi connectivity index (χ2v) is 4.66. The second kappa shape index (κ2) is 6.69. The summed E-state index contributed by atoms with van der Waals surface area (Å²) in [6.07, 6.45) is 4.08. The number of carboxylic acid groups (broad SMARTS) is 1. The summed E-state index contributed by atoms with van der Waals surface area (Å²) in [7, 11) is 0. The van der Waals surface area contributed by atoms with Gasteiger partial charge in [0.05, 0.1) is 17.4 Å². The van der Waals surface area contributed by atoms with Crippen LogP contribution in [-0.2, 0) is 4.79 Å². The molecular formula is C15H17N3O3. The van der Waals surface area contributed by atoms with E-state index in [0.29, 0.717) is 18.4 Å². The maximum Gasteiger partial charge on any atom is 0.326 e. The third kappa shape index (κ3) is 3.68. The van der Waals surface area contributed by atoms with Crippen molar-refractivity contribution in [2.24, 2.45) is 0 Å². The van der Waals surface area contributed by atoms with Gasteiger partial charge in [-0.1, -0.05) is 31.5 Å². The number of aliphatic carboxylic acids is 1. The number of hydrogen-bond donors (Lipinski definition) is 2. The Morgan fingerprint density at radius 1 is 1.33 bits per heavy atom. The van der Waals surface area contributed by atoms with Crippen LogP contribution in [0.2, 0.25) is 0 Å². The summed E-state index contributed by atoms with van der Waals surface area (Å²) in [6.45, 7) is 1.87. The fourth-order valence-electron chi connectivity index (χ4n) is 1.95. The summed E-state index contributed by atoms with van der Waals surface area (Å²) >= 11 is 0. The van der Waals surface area contributed by atoms with Crippen LogP contribution in [0.3, 0.4) is 0 Å². The number of amides is 1. The zero-order valence-corrected chi connectivity index (χ0v) is 11.7. The molecular weight excluding hydrogens is 270 g/mol. The monoisotopic (exact) mass is 287 g/mol. The number of carboxylic acids is 1. The van der Waals surface area contributed by atoms with Crippen LogP contribution >= 0.6 is 0 Å². The molecule has 0 fully saturated rings. The standard InChI is InChI=1S/C15H17N3O3/c1-2-6-13(15(20)21)17-14(19)11-9-16-18(10-11)12-7-4-3-5-8-12/h3-5,7-10,13H,2,6H2,1H3,(H,17,19)(H,20,21)/t13-/m1/s1. The largest absolute Gasteiger partial charge is 0.480 e. The molecule has 6 heteroatoms. The Labute approximate surface area is 122 Å². The SMILES string of the molecule is CCC[C@@H](NC(=O)c1cnn(-c2ccccc2)c1)C(=O)O. The molecule has 21 heavy (non-hydrogen) atoms. The summed E-state index contributed by atoms with van der Waals surface area (Å²) in [6, 6.07) is 8.50. The van der Waals surface area contributed by atoms with Gasteiger partial charge < -0.3 is 10.4 Å². The lowest BCUT2D eigenvalue weighted by Gasteiger charge is -2.12. The van der Waals surface area contributed by atoms with E-state index in [4.69, 9.17) is 5.11 Å². The minimum absolute atomic E-state index is 0.334. The van der Waals surface area contributed by atoms with Gasteiger partial charge in [-0.3, -0.25) is 4.79 Å².